The lowest BCUT2D eigenvalue weighted by Crippen LogP contribution is -2.12. The smallest absolute Gasteiger partial charge is 0.283 e. The lowest BCUT2D eigenvalue weighted by molar-refractivity contribution is 0.422. The van der Waals surface area contributed by atoms with Crippen molar-refractivity contribution in [1.29, 1.82) is 0 Å². The van der Waals surface area contributed by atoms with Gasteiger partial charge in [-0.25, -0.2) is 9.67 Å². The average Bonchev–Trinajstić information content (AvgIpc) is 3.54. The minimum Gasteiger partial charge on any atom is -0.459 e. The molecule has 3 aromatic heterocycles. The zero-order valence-electron chi connectivity index (χ0n) is 15.9. The highest BCUT2D eigenvalue weighted by molar-refractivity contribution is 7.98. The fraction of sp³-hybridized carbons (Fsp3) is 0.333. The van der Waals surface area contributed by atoms with Crippen LogP contribution in [0.3, 0.4) is 0 Å². The molecule has 0 N–H and O–H groups in total. The second-order valence-electron chi connectivity index (χ2n) is 7.10. The van der Waals surface area contributed by atoms with E-state index < -0.39 is 0 Å². The van der Waals surface area contributed by atoms with Gasteiger partial charge in [-0.05, 0) is 37.1 Å². The van der Waals surface area contributed by atoms with E-state index in [0.29, 0.717) is 29.2 Å². The minimum atomic E-state index is 0.385. The lowest BCUT2D eigenvalue weighted by atomic mass is 9.88. The van der Waals surface area contributed by atoms with Gasteiger partial charge in [-0.2, -0.15) is 0 Å². The molecule has 0 bridgehead atoms. The zero-order chi connectivity index (χ0) is 19.5. The molecule has 0 atom stereocenters. The van der Waals surface area contributed by atoms with Crippen molar-refractivity contribution in [2.24, 2.45) is 0 Å². The molecular weight excluding hydrogens is 386 g/mol. The quantitative estimate of drug-likeness (QED) is 0.404. The number of hydrogen-bond donors (Lipinski definition) is 0. The summed E-state index contributed by atoms with van der Waals surface area (Å²) in [5.74, 6) is 3.50. The Balaban J connectivity index is 1.37. The monoisotopic (exact) mass is 407 g/mol. The number of benzene rings is 1. The summed E-state index contributed by atoms with van der Waals surface area (Å²) in [7, 11) is 0. The molecule has 8 heteroatoms. The van der Waals surface area contributed by atoms with Gasteiger partial charge in [0.15, 0.2) is 5.76 Å². The van der Waals surface area contributed by atoms with Crippen molar-refractivity contribution >= 4 is 11.8 Å². The van der Waals surface area contributed by atoms with Crippen molar-refractivity contribution < 1.29 is 8.83 Å². The van der Waals surface area contributed by atoms with Gasteiger partial charge in [-0.15, -0.1) is 15.3 Å². The summed E-state index contributed by atoms with van der Waals surface area (Å²) in [4.78, 5) is 4.89. The fourth-order valence-electron chi connectivity index (χ4n) is 3.69. The summed E-state index contributed by atoms with van der Waals surface area (Å²) in [5.41, 5.74) is 1.05. The largest absolute Gasteiger partial charge is 0.459 e. The van der Waals surface area contributed by atoms with Crippen LogP contribution >= 0.6 is 11.8 Å². The van der Waals surface area contributed by atoms with Crippen LogP contribution in [0.4, 0.5) is 0 Å². The molecule has 0 radical (unpaired) electrons. The van der Waals surface area contributed by atoms with Gasteiger partial charge in [-0.3, -0.25) is 0 Å². The number of nitrogens with zero attached hydrogens (tertiary/aromatic N) is 5. The van der Waals surface area contributed by atoms with Gasteiger partial charge < -0.3 is 8.83 Å². The molecule has 0 aliphatic heterocycles. The summed E-state index contributed by atoms with van der Waals surface area (Å²) < 4.78 is 13.0. The van der Waals surface area contributed by atoms with E-state index in [1.54, 1.807) is 18.4 Å². The number of hydrogen-bond acceptors (Lipinski definition) is 7. The molecule has 1 aromatic carbocycles. The van der Waals surface area contributed by atoms with Gasteiger partial charge in [0.25, 0.3) is 5.89 Å². The standard InChI is InChI=1S/C21H21N5O2S/c1-3-8-15(9-4-1)19-22-21(25-26(19)16-10-5-2-6-11-16)29-14-18-23-24-20(28-18)17-12-7-13-27-17/h2,5-7,10-13,15H,1,3-4,8-9,14H2. The molecule has 1 aliphatic rings. The Bertz CT molecular complexity index is 1050. The van der Waals surface area contributed by atoms with E-state index in [4.69, 9.17) is 18.9 Å². The van der Waals surface area contributed by atoms with E-state index in [1.807, 2.05) is 22.9 Å². The number of aromatic nitrogens is 5. The van der Waals surface area contributed by atoms with Crippen LogP contribution in [0.5, 0.6) is 0 Å². The third-order valence-corrected chi connectivity index (χ3v) is 5.93. The van der Waals surface area contributed by atoms with Crippen LogP contribution in [0, 0.1) is 0 Å². The first kappa shape index (κ1) is 18.2. The minimum absolute atomic E-state index is 0.385. The summed E-state index contributed by atoms with van der Waals surface area (Å²) in [6.45, 7) is 0. The molecule has 0 spiro atoms. The number of para-hydroxylation sites is 1. The first-order valence-corrected chi connectivity index (χ1v) is 10.9. The van der Waals surface area contributed by atoms with Gasteiger partial charge in [0.05, 0.1) is 17.7 Å². The molecule has 0 saturated heterocycles. The third-order valence-electron chi connectivity index (χ3n) is 5.11. The van der Waals surface area contributed by atoms with E-state index >= 15 is 0 Å². The van der Waals surface area contributed by atoms with Crippen LogP contribution in [-0.2, 0) is 5.75 Å². The molecule has 7 nitrogen and oxygen atoms in total. The Morgan fingerprint density at radius 3 is 2.66 bits per heavy atom. The van der Waals surface area contributed by atoms with Gasteiger partial charge >= 0.3 is 0 Å². The topological polar surface area (TPSA) is 82.8 Å². The van der Waals surface area contributed by atoms with Gasteiger partial charge in [-0.1, -0.05) is 49.2 Å². The first-order chi connectivity index (χ1) is 14.4. The van der Waals surface area contributed by atoms with E-state index in [-0.39, 0.29) is 0 Å². The van der Waals surface area contributed by atoms with Crippen LogP contribution in [0.1, 0.15) is 49.7 Å². The highest BCUT2D eigenvalue weighted by Gasteiger charge is 2.24. The van der Waals surface area contributed by atoms with Crippen molar-refractivity contribution in [3.05, 3.63) is 60.4 Å². The maximum Gasteiger partial charge on any atom is 0.283 e. The number of thioether (sulfide) groups is 1. The molecule has 0 unspecified atom stereocenters. The highest BCUT2D eigenvalue weighted by atomic mass is 32.2. The van der Waals surface area contributed by atoms with Crippen LogP contribution < -0.4 is 0 Å². The lowest BCUT2D eigenvalue weighted by Gasteiger charge is -2.21. The molecule has 1 fully saturated rings. The van der Waals surface area contributed by atoms with Gasteiger partial charge in [0.1, 0.15) is 5.82 Å². The highest BCUT2D eigenvalue weighted by Crippen LogP contribution is 2.34. The summed E-state index contributed by atoms with van der Waals surface area (Å²) in [6.07, 6.45) is 7.75. The Hall–Kier alpha value is -2.87. The van der Waals surface area contributed by atoms with E-state index in [1.165, 1.54) is 43.9 Å². The Morgan fingerprint density at radius 2 is 1.86 bits per heavy atom. The molecule has 29 heavy (non-hydrogen) atoms. The van der Waals surface area contributed by atoms with Crippen molar-refractivity contribution in [3.8, 4) is 17.3 Å². The fourth-order valence-corrected chi connectivity index (χ4v) is 4.35. The first-order valence-electron chi connectivity index (χ1n) is 9.88. The van der Waals surface area contributed by atoms with E-state index in [2.05, 4.69) is 22.3 Å². The van der Waals surface area contributed by atoms with E-state index in [0.717, 1.165) is 16.7 Å². The van der Waals surface area contributed by atoms with Crippen LogP contribution in [0.15, 0.2) is 62.7 Å². The molecule has 0 amide bonds. The Kier molecular flexibility index (Phi) is 5.17. The Morgan fingerprint density at radius 1 is 1.00 bits per heavy atom. The molecule has 1 saturated carbocycles. The summed E-state index contributed by atoms with van der Waals surface area (Å²) >= 11 is 1.51. The maximum absolute atomic E-state index is 5.69. The van der Waals surface area contributed by atoms with Gasteiger partial charge in [0, 0.05) is 5.92 Å². The van der Waals surface area contributed by atoms with Crippen LogP contribution in [0.2, 0.25) is 0 Å². The Labute approximate surface area is 172 Å². The SMILES string of the molecule is c1ccc(-n2nc(SCc3nnc(-c4ccco4)o3)nc2C2CCCCC2)cc1. The van der Waals surface area contributed by atoms with Crippen molar-refractivity contribution in [2.75, 3.05) is 0 Å². The van der Waals surface area contributed by atoms with Crippen molar-refractivity contribution in [3.63, 3.8) is 0 Å². The molecular formula is C21H21N5O2S. The van der Waals surface area contributed by atoms with Crippen LogP contribution in [-0.4, -0.2) is 25.0 Å². The summed E-state index contributed by atoms with van der Waals surface area (Å²) in [6, 6.07) is 13.8. The number of rotatable bonds is 6. The van der Waals surface area contributed by atoms with Crippen molar-refractivity contribution in [1.82, 2.24) is 25.0 Å². The zero-order valence-corrected chi connectivity index (χ0v) is 16.7. The molecule has 3 heterocycles. The normalized spacial score (nSPS) is 15.0. The third kappa shape index (κ3) is 3.98. The average molecular weight is 407 g/mol. The van der Waals surface area contributed by atoms with Gasteiger partial charge in [0.2, 0.25) is 11.0 Å². The molecule has 4 aromatic rings. The predicted octanol–water partition coefficient (Wildman–Crippen LogP) is 5.25. The molecule has 148 valence electrons. The second kappa shape index (κ2) is 8.24. The summed E-state index contributed by atoms with van der Waals surface area (Å²) in [5, 5.41) is 13.7. The van der Waals surface area contributed by atoms with E-state index in [9.17, 15) is 0 Å². The number of furan rings is 1. The maximum atomic E-state index is 5.69. The molecule has 1 aliphatic carbocycles. The predicted molar refractivity (Wildman–Crippen MR) is 109 cm³/mol. The second-order valence-corrected chi connectivity index (χ2v) is 8.04. The van der Waals surface area contributed by atoms with Crippen LogP contribution in [0.25, 0.3) is 17.3 Å². The molecule has 5 rings (SSSR count). The van der Waals surface area contributed by atoms with Crippen molar-refractivity contribution in [2.45, 2.75) is 48.9 Å².